The lowest BCUT2D eigenvalue weighted by molar-refractivity contribution is 0.0956. The molecule has 4 aliphatic rings. The number of likely N-dealkylation sites (N-methyl/N-ethyl adjacent to an activating group) is 1. The molecule has 174 valence electrons. The van der Waals surface area contributed by atoms with Crippen molar-refractivity contribution in [2.24, 2.45) is 16.6 Å². The van der Waals surface area contributed by atoms with Crippen LogP contribution in [-0.4, -0.2) is 77.9 Å². The van der Waals surface area contributed by atoms with Crippen molar-refractivity contribution in [1.82, 2.24) is 25.3 Å². The second-order valence-electron chi connectivity index (χ2n) is 9.57. The number of aliphatic imine (C=N–C) groups is 1. The molecule has 4 heterocycles. The highest BCUT2D eigenvalue weighted by Gasteiger charge is 2.60. The number of benzene rings is 1. The lowest BCUT2D eigenvalue weighted by Crippen LogP contribution is -2.76. The molecule has 0 amide bonds. The van der Waals surface area contributed by atoms with Gasteiger partial charge in [-0.3, -0.25) is 10.00 Å². The Morgan fingerprint density at radius 1 is 1.21 bits per heavy atom. The van der Waals surface area contributed by atoms with Gasteiger partial charge in [-0.25, -0.2) is 4.99 Å². The van der Waals surface area contributed by atoms with Crippen molar-refractivity contribution in [1.29, 1.82) is 0 Å². The van der Waals surface area contributed by atoms with E-state index in [1.54, 1.807) is 7.11 Å². The number of nitrogens with zero attached hydrogens (tertiary/aromatic N) is 4. The summed E-state index contributed by atoms with van der Waals surface area (Å²) in [4.78, 5) is 10.1. The Morgan fingerprint density at radius 3 is 2.82 bits per heavy atom. The predicted octanol–water partition coefficient (Wildman–Crippen LogP) is 1.84. The first kappa shape index (κ1) is 20.6. The highest BCUT2D eigenvalue weighted by molar-refractivity contribution is 6.00. The third-order valence-electron chi connectivity index (χ3n) is 7.58. The molecule has 2 bridgehead atoms. The first-order valence-electron chi connectivity index (χ1n) is 11.8. The molecule has 0 saturated carbocycles. The summed E-state index contributed by atoms with van der Waals surface area (Å²) < 4.78 is 5.78. The quantitative estimate of drug-likeness (QED) is 0.517. The van der Waals surface area contributed by atoms with Crippen LogP contribution in [-0.2, 0) is 0 Å². The smallest absolute Gasteiger partial charge is 0.180 e. The van der Waals surface area contributed by atoms with Crippen LogP contribution in [0.5, 0.6) is 5.75 Å². The van der Waals surface area contributed by atoms with E-state index >= 15 is 0 Å². The summed E-state index contributed by atoms with van der Waals surface area (Å²) in [5, 5.41) is 15.6. The topological polar surface area (TPSA) is 107 Å². The van der Waals surface area contributed by atoms with E-state index in [2.05, 4.69) is 55.9 Å². The van der Waals surface area contributed by atoms with Crippen molar-refractivity contribution < 1.29 is 4.74 Å². The Labute approximate surface area is 193 Å². The standard InChI is InChI=1S/C24H32N8O/c1-31-8-10-32(11-9-31)21-23-27-22(25)20(15-6-4-3-5-7-15)24(21,29-23)28-18-12-16-14-26-30-17(16)13-19(18)33-2/h3-4,12-15,21,28H,5-11,25H2,1-2H3,(H,26,30)(H,27,29). The number of hydrogen-bond donors (Lipinski definition) is 4. The Hall–Kier alpha value is -3.04. The summed E-state index contributed by atoms with van der Waals surface area (Å²) in [6, 6.07) is 4.20. The van der Waals surface area contributed by atoms with Gasteiger partial charge in [0.2, 0.25) is 0 Å². The molecule has 9 heteroatoms. The van der Waals surface area contributed by atoms with Gasteiger partial charge < -0.3 is 26.0 Å². The fraction of sp³-hybridized carbons (Fsp3) is 0.500. The van der Waals surface area contributed by atoms with E-state index in [0.29, 0.717) is 5.92 Å². The number of H-pyrrole nitrogens is 1. The van der Waals surface area contributed by atoms with Crippen LogP contribution in [0.1, 0.15) is 19.3 Å². The lowest BCUT2D eigenvalue weighted by atomic mass is 9.71. The van der Waals surface area contributed by atoms with Gasteiger partial charge in [-0.1, -0.05) is 12.2 Å². The number of aromatic amines is 1. The van der Waals surface area contributed by atoms with Crippen LogP contribution in [0.2, 0.25) is 0 Å². The second kappa shape index (κ2) is 7.78. The van der Waals surface area contributed by atoms with E-state index in [0.717, 1.165) is 79.4 Å². The molecule has 0 spiro atoms. The summed E-state index contributed by atoms with van der Waals surface area (Å²) in [5.74, 6) is 2.82. The minimum atomic E-state index is -0.610. The van der Waals surface area contributed by atoms with E-state index in [4.69, 9.17) is 15.5 Å². The number of nitrogens with two attached hydrogens (primary N) is 1. The molecule has 1 aliphatic carbocycles. The Kier molecular flexibility index (Phi) is 4.84. The highest BCUT2D eigenvalue weighted by atomic mass is 16.5. The maximum atomic E-state index is 6.68. The van der Waals surface area contributed by atoms with Crippen molar-refractivity contribution in [3.05, 3.63) is 41.9 Å². The number of amidine groups is 1. The van der Waals surface area contributed by atoms with Crippen molar-refractivity contribution in [3.63, 3.8) is 0 Å². The van der Waals surface area contributed by atoms with Crippen LogP contribution in [0.4, 0.5) is 5.69 Å². The zero-order chi connectivity index (χ0) is 22.6. The molecule has 2 aromatic rings. The number of aromatic nitrogens is 2. The van der Waals surface area contributed by atoms with Gasteiger partial charge in [0, 0.05) is 43.2 Å². The average Bonchev–Trinajstić information content (AvgIpc) is 3.27. The van der Waals surface area contributed by atoms with E-state index in [1.165, 1.54) is 5.57 Å². The van der Waals surface area contributed by atoms with Gasteiger partial charge in [-0.2, -0.15) is 5.10 Å². The highest BCUT2D eigenvalue weighted by Crippen LogP contribution is 2.48. The summed E-state index contributed by atoms with van der Waals surface area (Å²) in [5.41, 5.74) is 9.10. The molecule has 1 aromatic heterocycles. The number of allylic oxidation sites excluding steroid dienone is 2. The molecule has 1 aromatic carbocycles. The number of fused-ring (bicyclic) bond motifs is 2. The molecule has 1 saturated heterocycles. The van der Waals surface area contributed by atoms with Crippen molar-refractivity contribution in [2.75, 3.05) is 45.7 Å². The third kappa shape index (κ3) is 3.21. The second-order valence-corrected chi connectivity index (χ2v) is 9.57. The van der Waals surface area contributed by atoms with Crippen LogP contribution in [0.25, 0.3) is 10.9 Å². The summed E-state index contributed by atoms with van der Waals surface area (Å²) >= 11 is 0. The van der Waals surface area contributed by atoms with Gasteiger partial charge in [0.05, 0.1) is 24.5 Å². The molecule has 3 atom stereocenters. The fourth-order valence-electron chi connectivity index (χ4n) is 5.87. The molecule has 0 radical (unpaired) electrons. The number of hydrogen-bond acceptors (Lipinski definition) is 8. The van der Waals surface area contributed by atoms with Crippen LogP contribution in [0.15, 0.2) is 46.9 Å². The molecule has 3 aliphatic heterocycles. The third-order valence-corrected chi connectivity index (χ3v) is 7.58. The molecule has 9 nitrogen and oxygen atoms in total. The number of methoxy groups -OCH3 is 1. The average molecular weight is 449 g/mol. The maximum absolute atomic E-state index is 6.68. The molecule has 6 rings (SSSR count). The van der Waals surface area contributed by atoms with E-state index < -0.39 is 5.66 Å². The molecular weight excluding hydrogens is 416 g/mol. The van der Waals surface area contributed by atoms with E-state index in [-0.39, 0.29) is 6.04 Å². The number of rotatable bonds is 5. The summed E-state index contributed by atoms with van der Waals surface area (Å²) in [7, 11) is 3.89. The predicted molar refractivity (Wildman–Crippen MR) is 130 cm³/mol. The van der Waals surface area contributed by atoms with Crippen molar-refractivity contribution in [3.8, 4) is 5.75 Å². The van der Waals surface area contributed by atoms with Crippen LogP contribution in [0.3, 0.4) is 0 Å². The SMILES string of the molecule is COc1cc2[nH]ncc2cc1NC12N=C(NC(N)=C1C1CC=CCC1)C2N1CCN(C)CC1. The van der Waals surface area contributed by atoms with Gasteiger partial charge in [-0.15, -0.1) is 0 Å². The molecule has 33 heavy (non-hydrogen) atoms. The number of ether oxygens (including phenoxy) is 1. The van der Waals surface area contributed by atoms with Crippen LogP contribution >= 0.6 is 0 Å². The first-order chi connectivity index (χ1) is 16.1. The van der Waals surface area contributed by atoms with E-state index in [9.17, 15) is 0 Å². The number of nitrogens with one attached hydrogen (secondary N) is 3. The molecule has 1 fully saturated rings. The van der Waals surface area contributed by atoms with Gasteiger partial charge >= 0.3 is 0 Å². The summed E-state index contributed by atoms with van der Waals surface area (Å²) in [6.45, 7) is 4.09. The van der Waals surface area contributed by atoms with Crippen molar-refractivity contribution >= 4 is 22.4 Å². The number of piperazine rings is 1. The minimum Gasteiger partial charge on any atom is -0.495 e. The fourth-order valence-corrected chi connectivity index (χ4v) is 5.87. The van der Waals surface area contributed by atoms with Gasteiger partial charge in [0.15, 0.2) is 5.66 Å². The monoisotopic (exact) mass is 448 g/mol. The van der Waals surface area contributed by atoms with E-state index in [1.807, 2.05) is 12.3 Å². The maximum Gasteiger partial charge on any atom is 0.180 e. The Balaban J connectivity index is 1.44. The lowest BCUT2D eigenvalue weighted by Gasteiger charge is -2.58. The number of anilines is 1. The molecule has 5 N–H and O–H groups in total. The summed E-state index contributed by atoms with van der Waals surface area (Å²) in [6.07, 6.45) is 9.52. The normalized spacial score (nSPS) is 30.1. The first-order valence-corrected chi connectivity index (χ1v) is 11.8. The molecular formula is C24H32N8O. The zero-order valence-electron chi connectivity index (χ0n) is 19.3. The zero-order valence-corrected chi connectivity index (χ0v) is 19.3. The Morgan fingerprint density at radius 2 is 2.06 bits per heavy atom. The van der Waals surface area contributed by atoms with Crippen molar-refractivity contribution in [2.45, 2.75) is 31.0 Å². The van der Waals surface area contributed by atoms with Gasteiger partial charge in [0.1, 0.15) is 23.4 Å². The van der Waals surface area contributed by atoms with Crippen LogP contribution in [0, 0.1) is 5.92 Å². The minimum absolute atomic E-state index is 0.115. The molecule has 3 unspecified atom stereocenters. The van der Waals surface area contributed by atoms with Crippen LogP contribution < -0.4 is 21.1 Å². The van der Waals surface area contributed by atoms with Gasteiger partial charge in [-0.05, 0) is 38.3 Å². The van der Waals surface area contributed by atoms with Gasteiger partial charge in [0.25, 0.3) is 0 Å². The largest absolute Gasteiger partial charge is 0.495 e. The Bertz CT molecular complexity index is 1160.